The molecule has 1 N–H and O–H groups in total. The van der Waals surface area contributed by atoms with Gasteiger partial charge in [-0.05, 0) is 30.3 Å². The maximum Gasteiger partial charge on any atom is 0.243 e. The fourth-order valence-corrected chi connectivity index (χ4v) is 2.05. The molecule has 0 radical (unpaired) electrons. The van der Waals surface area contributed by atoms with Crippen LogP contribution in [-0.4, -0.2) is 19.5 Å². The van der Waals surface area contributed by atoms with Gasteiger partial charge in [0.25, 0.3) is 0 Å². The Balaban J connectivity index is 2.02. The lowest BCUT2D eigenvalue weighted by atomic mass is 10.2. The highest BCUT2D eigenvalue weighted by Crippen LogP contribution is 2.20. The fraction of sp³-hybridized carbons (Fsp3) is 0.125. The third-order valence-electron chi connectivity index (χ3n) is 2.94. The van der Waals surface area contributed by atoms with Crippen molar-refractivity contribution in [1.82, 2.24) is 0 Å². The summed E-state index contributed by atoms with van der Waals surface area (Å²) in [5, 5.41) is 12.2. The van der Waals surface area contributed by atoms with Crippen LogP contribution in [0.4, 0.5) is 11.4 Å². The summed E-state index contributed by atoms with van der Waals surface area (Å²) in [5.41, 5.74) is 1.96. The van der Waals surface area contributed by atoms with E-state index in [1.54, 1.807) is 48.3 Å². The summed E-state index contributed by atoms with van der Waals surface area (Å²) in [4.78, 5) is 13.8. The highest BCUT2D eigenvalue weighted by atomic mass is 35.5. The number of benzene rings is 2. The number of amides is 1. The van der Waals surface area contributed by atoms with Crippen molar-refractivity contribution >= 4 is 28.9 Å². The predicted octanol–water partition coefficient (Wildman–Crippen LogP) is 3.29. The van der Waals surface area contributed by atoms with Gasteiger partial charge in [-0.1, -0.05) is 29.8 Å². The molecule has 21 heavy (non-hydrogen) atoms. The summed E-state index contributed by atoms with van der Waals surface area (Å²) >= 11 is 6.00. The summed E-state index contributed by atoms with van der Waals surface area (Å²) in [7, 11) is 1.79. The van der Waals surface area contributed by atoms with Gasteiger partial charge in [0.1, 0.15) is 0 Å². The minimum absolute atomic E-state index is 0.167. The average Bonchev–Trinajstić information content (AvgIpc) is 2.49. The number of nitrogens with zero attached hydrogens (tertiary/aromatic N) is 2. The van der Waals surface area contributed by atoms with Crippen LogP contribution >= 0.6 is 11.6 Å². The molecule has 5 heteroatoms. The van der Waals surface area contributed by atoms with Crippen LogP contribution in [0.5, 0.6) is 0 Å². The molecule has 0 heterocycles. The zero-order chi connectivity index (χ0) is 15.2. The SMILES string of the molecule is CN(CC(=O)Nc1ccccc1Cl)c1cccc(C#N)c1. The van der Waals surface area contributed by atoms with Crippen LogP contribution in [0.2, 0.25) is 5.02 Å². The number of rotatable bonds is 4. The van der Waals surface area contributed by atoms with Crippen molar-refractivity contribution < 1.29 is 4.79 Å². The molecular weight excluding hydrogens is 286 g/mol. The van der Waals surface area contributed by atoms with E-state index in [2.05, 4.69) is 11.4 Å². The molecule has 0 aliphatic carbocycles. The number of carbonyl (C=O) groups excluding carboxylic acids is 1. The van der Waals surface area contributed by atoms with Crippen LogP contribution in [0.1, 0.15) is 5.56 Å². The second-order valence-electron chi connectivity index (χ2n) is 4.55. The molecule has 0 fully saturated rings. The van der Waals surface area contributed by atoms with Crippen LogP contribution in [0, 0.1) is 11.3 Å². The Kier molecular flexibility index (Phi) is 4.81. The molecule has 0 aliphatic rings. The van der Waals surface area contributed by atoms with Crippen LogP contribution in [-0.2, 0) is 4.79 Å². The minimum atomic E-state index is -0.173. The van der Waals surface area contributed by atoms with E-state index >= 15 is 0 Å². The zero-order valence-corrected chi connectivity index (χ0v) is 12.3. The number of carbonyl (C=O) groups is 1. The van der Waals surface area contributed by atoms with Crippen molar-refractivity contribution in [2.45, 2.75) is 0 Å². The molecule has 0 saturated carbocycles. The molecule has 0 unspecified atom stereocenters. The largest absolute Gasteiger partial charge is 0.365 e. The Morgan fingerprint density at radius 3 is 2.76 bits per heavy atom. The normalized spacial score (nSPS) is 9.76. The Bertz CT molecular complexity index is 694. The topological polar surface area (TPSA) is 56.1 Å². The van der Waals surface area contributed by atoms with E-state index in [4.69, 9.17) is 16.9 Å². The van der Waals surface area contributed by atoms with Gasteiger partial charge in [-0.3, -0.25) is 4.79 Å². The third-order valence-corrected chi connectivity index (χ3v) is 3.27. The molecule has 0 bridgehead atoms. The average molecular weight is 300 g/mol. The van der Waals surface area contributed by atoms with E-state index in [0.717, 1.165) is 5.69 Å². The number of halogens is 1. The quantitative estimate of drug-likeness (QED) is 0.942. The Morgan fingerprint density at radius 2 is 2.05 bits per heavy atom. The third kappa shape index (κ3) is 3.98. The predicted molar refractivity (Wildman–Crippen MR) is 84.5 cm³/mol. The standard InChI is InChI=1S/C16H14ClN3O/c1-20(13-6-4-5-12(9-13)10-18)11-16(21)19-15-8-3-2-7-14(15)17/h2-9H,11H2,1H3,(H,19,21). The van der Waals surface area contributed by atoms with Crippen LogP contribution in [0.3, 0.4) is 0 Å². The Labute approximate surface area is 128 Å². The van der Waals surface area contributed by atoms with Crippen molar-refractivity contribution in [3.63, 3.8) is 0 Å². The number of nitrogens with one attached hydrogen (secondary N) is 1. The maximum absolute atomic E-state index is 12.0. The van der Waals surface area contributed by atoms with Gasteiger partial charge in [-0.2, -0.15) is 5.26 Å². The van der Waals surface area contributed by atoms with Gasteiger partial charge in [0.15, 0.2) is 0 Å². The molecule has 0 aromatic heterocycles. The molecule has 0 spiro atoms. The van der Waals surface area contributed by atoms with Crippen molar-refractivity contribution in [3.8, 4) is 6.07 Å². The van der Waals surface area contributed by atoms with Crippen molar-refractivity contribution in [3.05, 3.63) is 59.1 Å². The van der Waals surface area contributed by atoms with Crippen LogP contribution in [0.25, 0.3) is 0 Å². The molecule has 106 valence electrons. The summed E-state index contributed by atoms with van der Waals surface area (Å²) in [6, 6.07) is 16.3. The molecule has 2 aromatic rings. The highest BCUT2D eigenvalue weighted by molar-refractivity contribution is 6.33. The summed E-state index contributed by atoms with van der Waals surface area (Å²) in [6.07, 6.45) is 0. The molecular formula is C16H14ClN3O. The number of anilines is 2. The van der Waals surface area contributed by atoms with Crippen molar-refractivity contribution in [2.75, 3.05) is 23.8 Å². The molecule has 1 amide bonds. The van der Waals surface area contributed by atoms with Gasteiger partial charge < -0.3 is 10.2 Å². The lowest BCUT2D eigenvalue weighted by Gasteiger charge is -2.19. The molecule has 0 aliphatic heterocycles. The van der Waals surface area contributed by atoms with Gasteiger partial charge >= 0.3 is 0 Å². The maximum atomic E-state index is 12.0. The summed E-state index contributed by atoms with van der Waals surface area (Å²) in [5.74, 6) is -0.173. The van der Waals surface area contributed by atoms with Crippen LogP contribution < -0.4 is 10.2 Å². The molecule has 4 nitrogen and oxygen atoms in total. The summed E-state index contributed by atoms with van der Waals surface area (Å²) in [6.45, 7) is 0.167. The second kappa shape index (κ2) is 6.78. The highest BCUT2D eigenvalue weighted by Gasteiger charge is 2.09. The van der Waals surface area contributed by atoms with Gasteiger partial charge in [0.2, 0.25) is 5.91 Å². The monoisotopic (exact) mass is 299 g/mol. The van der Waals surface area contributed by atoms with Crippen molar-refractivity contribution in [1.29, 1.82) is 5.26 Å². The van der Waals surface area contributed by atoms with E-state index in [0.29, 0.717) is 16.3 Å². The van der Waals surface area contributed by atoms with Gasteiger partial charge in [0, 0.05) is 12.7 Å². The first-order chi connectivity index (χ1) is 10.1. The van der Waals surface area contributed by atoms with E-state index in [1.165, 1.54) is 0 Å². The second-order valence-corrected chi connectivity index (χ2v) is 4.95. The number of nitriles is 1. The summed E-state index contributed by atoms with van der Waals surface area (Å²) < 4.78 is 0. The van der Waals surface area contributed by atoms with E-state index in [-0.39, 0.29) is 12.5 Å². The Hall–Kier alpha value is -2.51. The number of hydrogen-bond donors (Lipinski definition) is 1. The molecule has 2 rings (SSSR count). The zero-order valence-electron chi connectivity index (χ0n) is 11.5. The molecule has 0 atom stereocenters. The molecule has 0 saturated heterocycles. The first-order valence-corrected chi connectivity index (χ1v) is 6.73. The number of likely N-dealkylation sites (N-methyl/N-ethyl adjacent to an activating group) is 1. The van der Waals surface area contributed by atoms with E-state index in [1.807, 2.05) is 12.1 Å². The minimum Gasteiger partial charge on any atom is -0.365 e. The smallest absolute Gasteiger partial charge is 0.243 e. The van der Waals surface area contributed by atoms with Gasteiger partial charge in [0.05, 0.1) is 28.9 Å². The number of hydrogen-bond acceptors (Lipinski definition) is 3. The lowest BCUT2D eigenvalue weighted by molar-refractivity contribution is -0.114. The molecule has 2 aromatic carbocycles. The van der Waals surface area contributed by atoms with E-state index < -0.39 is 0 Å². The van der Waals surface area contributed by atoms with Crippen LogP contribution in [0.15, 0.2) is 48.5 Å². The number of para-hydroxylation sites is 1. The van der Waals surface area contributed by atoms with Gasteiger partial charge in [-0.15, -0.1) is 0 Å². The van der Waals surface area contributed by atoms with E-state index in [9.17, 15) is 4.79 Å². The first-order valence-electron chi connectivity index (χ1n) is 6.36. The van der Waals surface area contributed by atoms with Crippen molar-refractivity contribution in [2.24, 2.45) is 0 Å². The lowest BCUT2D eigenvalue weighted by Crippen LogP contribution is -2.30. The first kappa shape index (κ1) is 14.9. The Morgan fingerprint density at radius 1 is 1.29 bits per heavy atom. The fourth-order valence-electron chi connectivity index (χ4n) is 1.87. The van der Waals surface area contributed by atoms with Gasteiger partial charge in [-0.25, -0.2) is 0 Å².